The van der Waals surface area contributed by atoms with E-state index in [0.29, 0.717) is 17.9 Å². The fraction of sp³-hybridized carbons (Fsp3) is 0.917. The van der Waals surface area contributed by atoms with Gasteiger partial charge in [0, 0.05) is 25.6 Å². The van der Waals surface area contributed by atoms with Gasteiger partial charge in [0.25, 0.3) is 0 Å². The minimum atomic E-state index is 0.330. The predicted octanol–water partition coefficient (Wildman–Crippen LogP) is 1.39. The van der Waals surface area contributed by atoms with Crippen LogP contribution in [0.15, 0.2) is 0 Å². The Morgan fingerprint density at radius 2 is 2.00 bits per heavy atom. The normalized spacial score (nSPS) is 27.1. The number of likely N-dealkylation sites (N-methyl/N-ethyl adjacent to an activating group) is 1. The highest BCUT2D eigenvalue weighted by Gasteiger charge is 2.27. The first kappa shape index (κ1) is 10.9. The second-order valence-corrected chi connectivity index (χ2v) is 4.99. The van der Waals surface area contributed by atoms with Crippen LogP contribution in [0.3, 0.4) is 0 Å². The molecular formula is C12H22N2O. The molecule has 1 amide bonds. The van der Waals surface area contributed by atoms with Crippen molar-refractivity contribution in [3.8, 4) is 0 Å². The van der Waals surface area contributed by atoms with Gasteiger partial charge in [-0.25, -0.2) is 0 Å². The van der Waals surface area contributed by atoms with E-state index in [1.807, 2.05) is 11.9 Å². The van der Waals surface area contributed by atoms with E-state index < -0.39 is 0 Å². The molecule has 0 aromatic carbocycles. The summed E-state index contributed by atoms with van der Waals surface area (Å²) in [5, 5.41) is 3.44. The lowest BCUT2D eigenvalue weighted by molar-refractivity contribution is -0.134. The molecule has 3 nitrogen and oxygen atoms in total. The molecule has 1 saturated heterocycles. The number of rotatable bonds is 3. The highest BCUT2D eigenvalue weighted by Crippen LogP contribution is 2.26. The van der Waals surface area contributed by atoms with E-state index in [-0.39, 0.29) is 0 Å². The van der Waals surface area contributed by atoms with Gasteiger partial charge in [0.15, 0.2) is 0 Å². The van der Waals surface area contributed by atoms with Crippen LogP contribution in [0.4, 0.5) is 0 Å². The van der Waals surface area contributed by atoms with Crippen LogP contribution in [-0.4, -0.2) is 37.0 Å². The first-order valence-corrected chi connectivity index (χ1v) is 6.26. The van der Waals surface area contributed by atoms with Gasteiger partial charge in [0.2, 0.25) is 5.91 Å². The Hall–Kier alpha value is -0.570. The minimum Gasteiger partial charge on any atom is -0.344 e. The highest BCUT2D eigenvalue weighted by molar-refractivity contribution is 5.78. The van der Waals surface area contributed by atoms with Crippen LogP contribution in [0.1, 0.15) is 38.5 Å². The third kappa shape index (κ3) is 2.71. The van der Waals surface area contributed by atoms with Crippen molar-refractivity contribution in [1.29, 1.82) is 0 Å². The van der Waals surface area contributed by atoms with Gasteiger partial charge < -0.3 is 10.2 Å². The molecule has 1 N–H and O–H groups in total. The molecule has 3 heteroatoms. The van der Waals surface area contributed by atoms with Crippen molar-refractivity contribution in [2.75, 3.05) is 20.1 Å². The van der Waals surface area contributed by atoms with E-state index >= 15 is 0 Å². The largest absolute Gasteiger partial charge is 0.344 e. The number of nitrogens with zero attached hydrogens (tertiary/aromatic N) is 1. The monoisotopic (exact) mass is 210 g/mol. The fourth-order valence-electron chi connectivity index (χ4n) is 2.82. The number of carbonyl (C=O) groups excluding carboxylic acids is 1. The Morgan fingerprint density at radius 1 is 1.27 bits per heavy atom. The van der Waals surface area contributed by atoms with E-state index in [9.17, 15) is 4.79 Å². The second kappa shape index (κ2) is 4.97. The number of hydrogen-bond donors (Lipinski definition) is 1. The Labute approximate surface area is 92.2 Å². The lowest BCUT2D eigenvalue weighted by Gasteiger charge is -2.24. The van der Waals surface area contributed by atoms with E-state index in [1.165, 1.54) is 25.7 Å². The molecule has 15 heavy (non-hydrogen) atoms. The second-order valence-electron chi connectivity index (χ2n) is 4.99. The average Bonchev–Trinajstić information content (AvgIpc) is 2.88. The van der Waals surface area contributed by atoms with Crippen molar-refractivity contribution in [2.24, 2.45) is 5.92 Å². The fourth-order valence-corrected chi connectivity index (χ4v) is 2.82. The summed E-state index contributed by atoms with van der Waals surface area (Å²) in [6, 6.07) is 0.542. The van der Waals surface area contributed by atoms with Crippen molar-refractivity contribution in [3.63, 3.8) is 0 Å². The maximum absolute atomic E-state index is 12.0. The third-order valence-electron chi connectivity index (χ3n) is 3.74. The van der Waals surface area contributed by atoms with E-state index in [4.69, 9.17) is 0 Å². The molecular weight excluding hydrogens is 188 g/mol. The summed E-state index contributed by atoms with van der Waals surface area (Å²) < 4.78 is 0. The summed E-state index contributed by atoms with van der Waals surface area (Å²) in [7, 11) is 1.96. The zero-order valence-corrected chi connectivity index (χ0v) is 9.67. The number of nitrogens with one attached hydrogen (secondary N) is 1. The summed E-state index contributed by atoms with van der Waals surface area (Å²) in [4.78, 5) is 14.0. The zero-order chi connectivity index (χ0) is 10.7. The summed E-state index contributed by atoms with van der Waals surface area (Å²) in [5.41, 5.74) is 0. The summed E-state index contributed by atoms with van der Waals surface area (Å²) in [6.07, 6.45) is 7.19. The molecule has 1 unspecified atom stereocenters. The molecule has 1 atom stereocenters. The first-order chi connectivity index (χ1) is 7.27. The Kier molecular flexibility index (Phi) is 3.62. The molecule has 86 valence electrons. The van der Waals surface area contributed by atoms with Gasteiger partial charge >= 0.3 is 0 Å². The van der Waals surface area contributed by atoms with Gasteiger partial charge in [0.05, 0.1) is 0 Å². The quantitative estimate of drug-likeness (QED) is 0.763. The van der Waals surface area contributed by atoms with Gasteiger partial charge in [-0.1, -0.05) is 12.8 Å². The smallest absolute Gasteiger partial charge is 0.225 e. The van der Waals surface area contributed by atoms with Crippen molar-refractivity contribution in [2.45, 2.75) is 44.6 Å². The van der Waals surface area contributed by atoms with Crippen LogP contribution in [0, 0.1) is 5.92 Å². The topological polar surface area (TPSA) is 32.3 Å². The molecule has 0 radical (unpaired) electrons. The van der Waals surface area contributed by atoms with Crippen molar-refractivity contribution in [1.82, 2.24) is 10.2 Å². The van der Waals surface area contributed by atoms with Crippen LogP contribution in [0.5, 0.6) is 0 Å². The Morgan fingerprint density at radius 3 is 2.60 bits per heavy atom. The molecule has 2 rings (SSSR count). The third-order valence-corrected chi connectivity index (χ3v) is 3.74. The molecule has 1 aliphatic carbocycles. The van der Waals surface area contributed by atoms with Crippen LogP contribution < -0.4 is 5.32 Å². The van der Waals surface area contributed by atoms with Gasteiger partial charge in [0.1, 0.15) is 0 Å². The number of carbonyl (C=O) groups is 1. The predicted molar refractivity (Wildman–Crippen MR) is 60.6 cm³/mol. The maximum Gasteiger partial charge on any atom is 0.225 e. The van der Waals surface area contributed by atoms with E-state index in [1.54, 1.807) is 0 Å². The summed E-state index contributed by atoms with van der Waals surface area (Å²) >= 11 is 0. The van der Waals surface area contributed by atoms with Gasteiger partial charge in [-0.3, -0.25) is 4.79 Å². The SMILES string of the molecule is CN(CC1CCCN1)C(=O)C1CCCC1. The van der Waals surface area contributed by atoms with Gasteiger partial charge in [-0.2, -0.15) is 0 Å². The van der Waals surface area contributed by atoms with Gasteiger partial charge in [-0.15, -0.1) is 0 Å². The number of hydrogen-bond acceptors (Lipinski definition) is 2. The standard InChI is InChI=1S/C12H22N2O/c1-14(9-11-7-4-8-13-11)12(15)10-5-2-3-6-10/h10-11,13H,2-9H2,1H3. The first-order valence-electron chi connectivity index (χ1n) is 6.26. The molecule has 1 heterocycles. The van der Waals surface area contributed by atoms with Crippen molar-refractivity contribution >= 4 is 5.91 Å². The molecule has 0 aromatic rings. The summed E-state index contributed by atoms with van der Waals surface area (Å²) in [5.74, 6) is 0.706. The van der Waals surface area contributed by atoms with Crippen LogP contribution in [0.2, 0.25) is 0 Å². The van der Waals surface area contributed by atoms with Crippen molar-refractivity contribution in [3.05, 3.63) is 0 Å². The molecule has 1 aliphatic heterocycles. The van der Waals surface area contributed by atoms with Crippen molar-refractivity contribution < 1.29 is 4.79 Å². The lowest BCUT2D eigenvalue weighted by Crippen LogP contribution is -2.40. The summed E-state index contributed by atoms with van der Waals surface area (Å²) in [6.45, 7) is 2.02. The van der Waals surface area contributed by atoms with Gasteiger partial charge in [-0.05, 0) is 32.2 Å². The van der Waals surface area contributed by atoms with Crippen LogP contribution in [-0.2, 0) is 4.79 Å². The van der Waals surface area contributed by atoms with Crippen LogP contribution in [0.25, 0.3) is 0 Å². The zero-order valence-electron chi connectivity index (χ0n) is 9.67. The molecule has 0 bridgehead atoms. The minimum absolute atomic E-state index is 0.330. The molecule has 0 spiro atoms. The number of amides is 1. The van der Waals surface area contributed by atoms with Crippen LogP contribution >= 0.6 is 0 Å². The Balaban J connectivity index is 1.78. The van der Waals surface area contributed by atoms with E-state index in [2.05, 4.69) is 5.32 Å². The molecule has 2 aliphatic rings. The molecule has 0 aromatic heterocycles. The highest BCUT2D eigenvalue weighted by atomic mass is 16.2. The molecule has 2 fully saturated rings. The molecule has 1 saturated carbocycles. The maximum atomic E-state index is 12.0. The van der Waals surface area contributed by atoms with E-state index in [0.717, 1.165) is 25.9 Å². The Bertz CT molecular complexity index is 218. The lowest BCUT2D eigenvalue weighted by atomic mass is 10.1. The average molecular weight is 210 g/mol.